The predicted molar refractivity (Wildman–Crippen MR) is 58.9 cm³/mol. The molecule has 0 spiro atoms. The predicted octanol–water partition coefficient (Wildman–Crippen LogP) is 3.15. The third kappa shape index (κ3) is 3.30. The molecule has 0 N–H and O–H groups in total. The summed E-state index contributed by atoms with van der Waals surface area (Å²) in [6.45, 7) is 9.28. The van der Waals surface area contributed by atoms with Gasteiger partial charge in [0.2, 0.25) is 0 Å². The molecule has 78 valence electrons. The van der Waals surface area contributed by atoms with Crippen molar-refractivity contribution in [1.82, 2.24) is 4.90 Å². The average molecular weight is 183 g/mol. The zero-order valence-electron chi connectivity index (χ0n) is 9.88. The molecule has 0 aromatic carbocycles. The van der Waals surface area contributed by atoms with Gasteiger partial charge in [0.25, 0.3) is 0 Å². The average Bonchev–Trinajstić information content (AvgIpc) is 2.80. The lowest BCUT2D eigenvalue weighted by Crippen LogP contribution is -2.39. The van der Waals surface area contributed by atoms with Crippen molar-refractivity contribution in [3.8, 4) is 0 Å². The van der Waals surface area contributed by atoms with E-state index < -0.39 is 0 Å². The lowest BCUT2D eigenvalue weighted by molar-refractivity contribution is 0.153. The van der Waals surface area contributed by atoms with E-state index in [9.17, 15) is 0 Å². The minimum absolute atomic E-state index is 0.698. The molecule has 0 aromatic heterocycles. The van der Waals surface area contributed by atoms with Crippen LogP contribution in [0.15, 0.2) is 0 Å². The van der Waals surface area contributed by atoms with Crippen molar-refractivity contribution < 1.29 is 0 Å². The van der Waals surface area contributed by atoms with Crippen LogP contribution in [0.1, 0.15) is 47.0 Å². The fraction of sp³-hybridized carbons (Fsp3) is 1.00. The van der Waals surface area contributed by atoms with E-state index in [1.54, 1.807) is 0 Å². The van der Waals surface area contributed by atoms with Crippen LogP contribution in [0.4, 0.5) is 0 Å². The second-order valence-corrected chi connectivity index (χ2v) is 5.29. The highest BCUT2D eigenvalue weighted by Crippen LogP contribution is 2.38. The van der Waals surface area contributed by atoms with Gasteiger partial charge in [0.05, 0.1) is 0 Å². The number of hydrogen-bond acceptors (Lipinski definition) is 1. The fourth-order valence-corrected chi connectivity index (χ4v) is 2.04. The van der Waals surface area contributed by atoms with Crippen molar-refractivity contribution in [3.63, 3.8) is 0 Å². The zero-order chi connectivity index (χ0) is 10.0. The van der Waals surface area contributed by atoms with Crippen LogP contribution in [-0.4, -0.2) is 24.0 Å². The maximum Gasteiger partial charge on any atom is 0.0126 e. The molecular formula is C12H25N. The topological polar surface area (TPSA) is 3.24 Å². The molecule has 1 atom stereocenters. The first-order valence-corrected chi connectivity index (χ1v) is 5.74. The molecule has 1 fully saturated rings. The zero-order valence-corrected chi connectivity index (χ0v) is 9.88. The first-order valence-electron chi connectivity index (χ1n) is 5.74. The highest BCUT2D eigenvalue weighted by atomic mass is 15.2. The van der Waals surface area contributed by atoms with Crippen LogP contribution in [0.25, 0.3) is 0 Å². The molecule has 0 amide bonds. The quantitative estimate of drug-likeness (QED) is 0.633. The second kappa shape index (κ2) is 4.45. The van der Waals surface area contributed by atoms with Gasteiger partial charge in [-0.2, -0.15) is 0 Å². The molecule has 0 bridgehead atoms. The normalized spacial score (nSPS) is 20.3. The van der Waals surface area contributed by atoms with Gasteiger partial charge in [-0.15, -0.1) is 0 Å². The molecule has 0 radical (unpaired) electrons. The number of rotatable bonds is 5. The number of nitrogens with zero attached hydrogens (tertiary/aromatic N) is 1. The summed E-state index contributed by atoms with van der Waals surface area (Å²) in [5.41, 5.74) is 0. The van der Waals surface area contributed by atoms with Gasteiger partial charge < -0.3 is 4.90 Å². The van der Waals surface area contributed by atoms with Crippen LogP contribution in [0.3, 0.4) is 0 Å². The van der Waals surface area contributed by atoms with Crippen molar-refractivity contribution in [2.75, 3.05) is 7.05 Å². The van der Waals surface area contributed by atoms with Gasteiger partial charge in [0, 0.05) is 12.1 Å². The molecule has 1 rings (SSSR count). The Morgan fingerprint density at radius 2 is 1.69 bits per heavy atom. The molecular weight excluding hydrogens is 158 g/mol. The molecule has 1 aliphatic carbocycles. The van der Waals surface area contributed by atoms with Crippen LogP contribution in [0, 0.1) is 11.8 Å². The van der Waals surface area contributed by atoms with Crippen molar-refractivity contribution in [1.29, 1.82) is 0 Å². The van der Waals surface area contributed by atoms with Crippen molar-refractivity contribution in [3.05, 3.63) is 0 Å². The Bertz CT molecular complexity index is 147. The molecule has 0 saturated heterocycles. The van der Waals surface area contributed by atoms with Gasteiger partial charge in [0.1, 0.15) is 0 Å². The van der Waals surface area contributed by atoms with Crippen molar-refractivity contribution >= 4 is 0 Å². The lowest BCUT2D eigenvalue weighted by Gasteiger charge is -2.32. The van der Waals surface area contributed by atoms with E-state index in [1.807, 2.05) is 0 Å². The van der Waals surface area contributed by atoms with Crippen molar-refractivity contribution in [2.24, 2.45) is 11.8 Å². The molecule has 1 nitrogen and oxygen atoms in total. The number of hydrogen-bond donors (Lipinski definition) is 0. The molecule has 0 unspecified atom stereocenters. The highest BCUT2D eigenvalue weighted by Gasteiger charge is 2.34. The summed E-state index contributed by atoms with van der Waals surface area (Å²) in [4.78, 5) is 2.57. The summed E-state index contributed by atoms with van der Waals surface area (Å²) >= 11 is 0. The summed E-state index contributed by atoms with van der Waals surface area (Å²) in [5.74, 6) is 1.85. The highest BCUT2D eigenvalue weighted by molar-refractivity contribution is 4.88. The Morgan fingerprint density at radius 1 is 1.15 bits per heavy atom. The third-order valence-corrected chi connectivity index (χ3v) is 3.22. The van der Waals surface area contributed by atoms with Gasteiger partial charge in [-0.25, -0.2) is 0 Å². The smallest absolute Gasteiger partial charge is 0.0126 e. The van der Waals surface area contributed by atoms with Crippen LogP contribution in [-0.2, 0) is 0 Å². The van der Waals surface area contributed by atoms with Crippen molar-refractivity contribution in [2.45, 2.75) is 59.0 Å². The molecule has 0 heterocycles. The molecule has 13 heavy (non-hydrogen) atoms. The largest absolute Gasteiger partial charge is 0.301 e. The molecule has 0 aliphatic heterocycles. The summed E-state index contributed by atoms with van der Waals surface area (Å²) in [5, 5.41) is 0. The summed E-state index contributed by atoms with van der Waals surface area (Å²) in [7, 11) is 2.29. The van der Waals surface area contributed by atoms with Gasteiger partial charge in [0.15, 0.2) is 0 Å². The van der Waals surface area contributed by atoms with E-state index in [2.05, 4.69) is 39.6 Å². The Labute approximate surface area is 83.5 Å². The molecule has 1 heteroatoms. The Kier molecular flexibility index (Phi) is 3.78. The maximum atomic E-state index is 2.57. The molecule has 1 aliphatic rings. The fourth-order valence-electron chi connectivity index (χ4n) is 2.04. The Balaban J connectivity index is 2.45. The SMILES string of the molecule is CC(C)C[C@@H](C1CC1)N(C)C(C)C. The van der Waals surface area contributed by atoms with E-state index in [0.29, 0.717) is 6.04 Å². The van der Waals surface area contributed by atoms with Crippen LogP contribution in [0.5, 0.6) is 0 Å². The standard InChI is InChI=1S/C12H25N/c1-9(2)8-12(11-6-7-11)13(5)10(3)4/h9-12H,6-8H2,1-5H3/t12-/m0/s1. The summed E-state index contributed by atoms with van der Waals surface area (Å²) in [6.07, 6.45) is 4.31. The van der Waals surface area contributed by atoms with E-state index >= 15 is 0 Å². The van der Waals surface area contributed by atoms with E-state index in [4.69, 9.17) is 0 Å². The van der Waals surface area contributed by atoms with Crippen LogP contribution < -0.4 is 0 Å². The van der Waals surface area contributed by atoms with Gasteiger partial charge in [-0.1, -0.05) is 13.8 Å². The van der Waals surface area contributed by atoms with Gasteiger partial charge in [-0.05, 0) is 52.0 Å². The van der Waals surface area contributed by atoms with Crippen LogP contribution >= 0.6 is 0 Å². The van der Waals surface area contributed by atoms with Gasteiger partial charge >= 0.3 is 0 Å². The Hall–Kier alpha value is -0.0400. The summed E-state index contributed by atoms with van der Waals surface area (Å²) < 4.78 is 0. The minimum Gasteiger partial charge on any atom is -0.301 e. The lowest BCUT2D eigenvalue weighted by atomic mass is 9.98. The minimum atomic E-state index is 0.698. The van der Waals surface area contributed by atoms with E-state index in [0.717, 1.165) is 17.9 Å². The van der Waals surface area contributed by atoms with E-state index in [-0.39, 0.29) is 0 Å². The second-order valence-electron chi connectivity index (χ2n) is 5.29. The van der Waals surface area contributed by atoms with Gasteiger partial charge in [-0.3, -0.25) is 0 Å². The molecule has 0 aromatic rings. The molecule has 1 saturated carbocycles. The summed E-state index contributed by atoms with van der Waals surface area (Å²) in [6, 6.07) is 1.55. The maximum absolute atomic E-state index is 2.57. The monoisotopic (exact) mass is 183 g/mol. The third-order valence-electron chi connectivity index (χ3n) is 3.22. The first-order chi connectivity index (χ1) is 6.02. The first kappa shape index (κ1) is 11.0. The van der Waals surface area contributed by atoms with Crippen LogP contribution in [0.2, 0.25) is 0 Å². The Morgan fingerprint density at radius 3 is 2.00 bits per heavy atom. The van der Waals surface area contributed by atoms with E-state index in [1.165, 1.54) is 19.3 Å².